The smallest absolute Gasteiger partial charge is 0.310 e. The average molecular weight is 275 g/mol. The summed E-state index contributed by atoms with van der Waals surface area (Å²) in [4.78, 5) is 16.2. The van der Waals surface area contributed by atoms with Crippen molar-refractivity contribution in [3.05, 3.63) is 39.7 Å². The molecule has 0 spiro atoms. The van der Waals surface area contributed by atoms with Crippen LogP contribution in [0.4, 0.5) is 0 Å². The van der Waals surface area contributed by atoms with Crippen LogP contribution >= 0.6 is 11.3 Å². The van der Waals surface area contributed by atoms with E-state index in [2.05, 4.69) is 43.1 Å². The van der Waals surface area contributed by atoms with Crippen LogP contribution in [0.1, 0.15) is 35.2 Å². The molecule has 4 heteroatoms. The molecule has 2 rings (SSSR count). The van der Waals surface area contributed by atoms with Gasteiger partial charge in [-0.05, 0) is 18.4 Å². The third-order valence-electron chi connectivity index (χ3n) is 2.99. The summed E-state index contributed by atoms with van der Waals surface area (Å²) in [5.74, 6) is -0.330. The number of thiazole rings is 1. The molecule has 1 aromatic carbocycles. The first-order chi connectivity index (χ1) is 8.97. The molecule has 0 saturated heterocycles. The highest BCUT2D eigenvalue weighted by Gasteiger charge is 2.12. The van der Waals surface area contributed by atoms with E-state index in [4.69, 9.17) is 5.11 Å². The number of carboxylic acid groups (broad SMARTS) is 1. The van der Waals surface area contributed by atoms with Gasteiger partial charge in [0.15, 0.2) is 0 Å². The maximum Gasteiger partial charge on any atom is 0.310 e. The Morgan fingerprint density at radius 1 is 1.32 bits per heavy atom. The third-order valence-corrected chi connectivity index (χ3v) is 3.96. The quantitative estimate of drug-likeness (QED) is 0.921. The molecule has 1 aromatic heterocycles. The predicted octanol–water partition coefficient (Wildman–Crippen LogP) is 3.87. The Kier molecular flexibility index (Phi) is 4.00. The van der Waals surface area contributed by atoms with E-state index >= 15 is 0 Å². The summed E-state index contributed by atoms with van der Waals surface area (Å²) >= 11 is 1.46. The fraction of sp³-hybridized carbons (Fsp3) is 0.333. The second-order valence-electron chi connectivity index (χ2n) is 4.86. The van der Waals surface area contributed by atoms with E-state index in [1.165, 1.54) is 16.9 Å². The van der Waals surface area contributed by atoms with Crippen molar-refractivity contribution in [2.75, 3.05) is 0 Å². The van der Waals surface area contributed by atoms with E-state index in [0.29, 0.717) is 10.9 Å². The lowest BCUT2D eigenvalue weighted by atomic mass is 10.0. The van der Waals surface area contributed by atoms with E-state index < -0.39 is 5.97 Å². The lowest BCUT2D eigenvalue weighted by Crippen LogP contribution is -1.99. The Morgan fingerprint density at radius 2 is 1.95 bits per heavy atom. The van der Waals surface area contributed by atoms with Gasteiger partial charge in [-0.2, -0.15) is 0 Å². The SMILES string of the molecule is Cc1sc(CC(=O)O)nc1-c1ccc(C(C)C)cc1. The minimum Gasteiger partial charge on any atom is -0.481 e. The molecule has 19 heavy (non-hydrogen) atoms. The molecular formula is C15H17NO2S. The van der Waals surface area contributed by atoms with Crippen LogP contribution in [0, 0.1) is 6.92 Å². The second-order valence-corrected chi connectivity index (χ2v) is 6.15. The standard InChI is InChI=1S/C15H17NO2S/c1-9(2)11-4-6-12(7-5-11)15-10(3)19-13(16-15)8-14(17)18/h4-7,9H,8H2,1-3H3,(H,17,18). The summed E-state index contributed by atoms with van der Waals surface area (Å²) in [6.45, 7) is 6.30. The van der Waals surface area contributed by atoms with Crippen LogP contribution in [-0.2, 0) is 11.2 Å². The molecule has 0 saturated carbocycles. The van der Waals surface area contributed by atoms with Crippen molar-refractivity contribution >= 4 is 17.3 Å². The van der Waals surface area contributed by atoms with Gasteiger partial charge in [0, 0.05) is 10.4 Å². The van der Waals surface area contributed by atoms with E-state index in [0.717, 1.165) is 16.1 Å². The molecule has 100 valence electrons. The molecule has 0 unspecified atom stereocenters. The average Bonchev–Trinajstić information content (AvgIpc) is 2.69. The highest BCUT2D eigenvalue weighted by Crippen LogP contribution is 2.28. The highest BCUT2D eigenvalue weighted by atomic mass is 32.1. The number of nitrogens with zero attached hydrogens (tertiary/aromatic N) is 1. The fourth-order valence-electron chi connectivity index (χ4n) is 1.95. The van der Waals surface area contributed by atoms with Crippen molar-refractivity contribution in [2.24, 2.45) is 0 Å². The van der Waals surface area contributed by atoms with E-state index in [-0.39, 0.29) is 6.42 Å². The second kappa shape index (κ2) is 5.53. The van der Waals surface area contributed by atoms with Gasteiger partial charge in [-0.3, -0.25) is 4.79 Å². The number of carbonyl (C=O) groups is 1. The highest BCUT2D eigenvalue weighted by molar-refractivity contribution is 7.12. The first-order valence-corrected chi connectivity index (χ1v) is 7.07. The van der Waals surface area contributed by atoms with Crippen LogP contribution in [-0.4, -0.2) is 16.1 Å². The van der Waals surface area contributed by atoms with Gasteiger partial charge in [-0.25, -0.2) is 4.98 Å². The van der Waals surface area contributed by atoms with Gasteiger partial charge in [0.2, 0.25) is 0 Å². The van der Waals surface area contributed by atoms with Crippen LogP contribution in [0.5, 0.6) is 0 Å². The first-order valence-electron chi connectivity index (χ1n) is 6.26. The van der Waals surface area contributed by atoms with Gasteiger partial charge in [0.25, 0.3) is 0 Å². The molecule has 1 N–H and O–H groups in total. The topological polar surface area (TPSA) is 50.2 Å². The van der Waals surface area contributed by atoms with Crippen molar-refractivity contribution in [2.45, 2.75) is 33.1 Å². The number of aromatic nitrogens is 1. The molecule has 0 atom stereocenters. The van der Waals surface area contributed by atoms with Crippen molar-refractivity contribution in [3.8, 4) is 11.3 Å². The van der Waals surface area contributed by atoms with Crippen molar-refractivity contribution < 1.29 is 9.90 Å². The predicted molar refractivity (Wildman–Crippen MR) is 77.7 cm³/mol. The zero-order valence-corrected chi connectivity index (χ0v) is 12.1. The number of benzene rings is 1. The normalized spacial score (nSPS) is 10.9. The van der Waals surface area contributed by atoms with Crippen LogP contribution in [0.25, 0.3) is 11.3 Å². The van der Waals surface area contributed by atoms with Crippen LogP contribution in [0.15, 0.2) is 24.3 Å². The zero-order chi connectivity index (χ0) is 14.0. The van der Waals surface area contributed by atoms with Crippen molar-refractivity contribution in [1.82, 2.24) is 4.98 Å². The number of aryl methyl sites for hydroxylation is 1. The third kappa shape index (κ3) is 3.20. The lowest BCUT2D eigenvalue weighted by molar-refractivity contribution is -0.136. The lowest BCUT2D eigenvalue weighted by Gasteiger charge is -2.06. The molecule has 0 aliphatic heterocycles. The van der Waals surface area contributed by atoms with Gasteiger partial charge in [0.1, 0.15) is 5.01 Å². The summed E-state index contributed by atoms with van der Waals surface area (Å²) < 4.78 is 0. The minimum absolute atomic E-state index is 0.00438. The van der Waals surface area contributed by atoms with Gasteiger partial charge < -0.3 is 5.11 Å². The number of rotatable bonds is 4. The first kappa shape index (κ1) is 13.7. The molecule has 0 aliphatic carbocycles. The summed E-state index contributed by atoms with van der Waals surface area (Å²) in [5.41, 5.74) is 3.24. The van der Waals surface area contributed by atoms with Gasteiger partial charge in [0.05, 0.1) is 12.1 Å². The Hall–Kier alpha value is -1.68. The van der Waals surface area contributed by atoms with Gasteiger partial charge >= 0.3 is 5.97 Å². The Morgan fingerprint density at radius 3 is 2.47 bits per heavy atom. The fourth-order valence-corrected chi connectivity index (χ4v) is 2.90. The van der Waals surface area contributed by atoms with E-state index in [1.807, 2.05) is 6.92 Å². The number of hydrogen-bond donors (Lipinski definition) is 1. The summed E-state index contributed by atoms with van der Waals surface area (Å²) in [5, 5.41) is 9.46. The molecule has 0 bridgehead atoms. The Balaban J connectivity index is 2.30. The van der Waals surface area contributed by atoms with Gasteiger partial charge in [-0.1, -0.05) is 38.1 Å². The summed E-state index contributed by atoms with van der Waals surface area (Å²) in [7, 11) is 0. The molecule has 0 fully saturated rings. The molecule has 3 nitrogen and oxygen atoms in total. The van der Waals surface area contributed by atoms with Crippen LogP contribution in [0.2, 0.25) is 0 Å². The monoisotopic (exact) mass is 275 g/mol. The van der Waals surface area contributed by atoms with E-state index in [9.17, 15) is 4.79 Å². The molecule has 0 aliphatic rings. The van der Waals surface area contributed by atoms with E-state index in [1.54, 1.807) is 0 Å². The molecule has 0 amide bonds. The Bertz CT molecular complexity index is 585. The maximum atomic E-state index is 10.7. The van der Waals surface area contributed by atoms with Crippen molar-refractivity contribution in [3.63, 3.8) is 0 Å². The molecule has 0 radical (unpaired) electrons. The van der Waals surface area contributed by atoms with Gasteiger partial charge in [-0.15, -0.1) is 11.3 Å². The molecule has 1 heterocycles. The zero-order valence-electron chi connectivity index (χ0n) is 11.3. The summed E-state index contributed by atoms with van der Waals surface area (Å²) in [6.07, 6.45) is -0.00438. The number of hydrogen-bond acceptors (Lipinski definition) is 3. The summed E-state index contributed by atoms with van der Waals surface area (Å²) in [6, 6.07) is 8.33. The van der Waals surface area contributed by atoms with Crippen molar-refractivity contribution in [1.29, 1.82) is 0 Å². The molecular weight excluding hydrogens is 258 g/mol. The maximum absolute atomic E-state index is 10.7. The minimum atomic E-state index is -0.838. The van der Waals surface area contributed by atoms with Crippen LogP contribution < -0.4 is 0 Å². The number of carboxylic acids is 1. The largest absolute Gasteiger partial charge is 0.481 e. The Labute approximate surface area is 116 Å². The van der Waals surface area contributed by atoms with Crippen LogP contribution in [0.3, 0.4) is 0 Å². The number of aliphatic carboxylic acids is 1. The molecule has 2 aromatic rings.